The Morgan fingerprint density at radius 2 is 2.20 bits per heavy atom. The minimum Gasteiger partial charge on any atom is -0.326 e. The van der Waals surface area contributed by atoms with Crippen molar-refractivity contribution in [3.63, 3.8) is 0 Å². The van der Waals surface area contributed by atoms with E-state index in [9.17, 15) is 4.79 Å². The molecule has 0 saturated carbocycles. The van der Waals surface area contributed by atoms with E-state index in [4.69, 9.17) is 0 Å². The quantitative estimate of drug-likeness (QED) is 0.899. The molecule has 1 atom stereocenters. The van der Waals surface area contributed by atoms with E-state index >= 15 is 0 Å². The zero-order valence-corrected chi connectivity index (χ0v) is 11.8. The third-order valence-corrected chi connectivity index (χ3v) is 4.31. The van der Waals surface area contributed by atoms with Gasteiger partial charge < -0.3 is 10.6 Å². The van der Waals surface area contributed by atoms with E-state index in [-0.39, 0.29) is 11.9 Å². The summed E-state index contributed by atoms with van der Waals surface area (Å²) in [5.74, 6) is 2.16. The van der Waals surface area contributed by atoms with E-state index < -0.39 is 0 Å². The second-order valence-corrected chi connectivity index (χ2v) is 5.89. The Balaban J connectivity index is 1.64. The molecule has 1 amide bonds. The fraction of sp³-hybridized carbons (Fsp3) is 0.357. The van der Waals surface area contributed by atoms with Gasteiger partial charge in [0.15, 0.2) is 0 Å². The number of amides is 1. The van der Waals surface area contributed by atoms with Crippen LogP contribution in [0.1, 0.15) is 6.42 Å². The summed E-state index contributed by atoms with van der Waals surface area (Å²) in [6.45, 7) is 0.980. The third-order valence-electron chi connectivity index (χ3n) is 3.18. The van der Waals surface area contributed by atoms with Gasteiger partial charge in [0.2, 0.25) is 5.91 Å². The van der Waals surface area contributed by atoms with Gasteiger partial charge in [-0.25, -0.2) is 0 Å². The Morgan fingerprint density at radius 3 is 3.00 bits per heavy atom. The van der Waals surface area contributed by atoms with E-state index in [1.165, 1.54) is 0 Å². The van der Waals surface area contributed by atoms with Gasteiger partial charge in [0.25, 0.3) is 0 Å². The molecular weight excluding hydrogens is 272 g/mol. The van der Waals surface area contributed by atoms with Gasteiger partial charge in [-0.2, -0.15) is 11.8 Å². The molecule has 0 aliphatic carbocycles. The summed E-state index contributed by atoms with van der Waals surface area (Å²) in [7, 11) is 0. The van der Waals surface area contributed by atoms with Gasteiger partial charge in [0, 0.05) is 48.6 Å². The van der Waals surface area contributed by atoms with Crippen molar-refractivity contribution in [2.45, 2.75) is 12.5 Å². The van der Waals surface area contributed by atoms with Crippen molar-refractivity contribution in [1.82, 2.24) is 15.3 Å². The van der Waals surface area contributed by atoms with E-state index in [1.54, 1.807) is 12.4 Å². The van der Waals surface area contributed by atoms with Crippen molar-refractivity contribution in [3.05, 3.63) is 30.6 Å². The number of anilines is 1. The van der Waals surface area contributed by atoms with Crippen LogP contribution in [0.15, 0.2) is 30.6 Å². The molecule has 2 heterocycles. The van der Waals surface area contributed by atoms with Gasteiger partial charge in [-0.05, 0) is 18.2 Å². The first-order valence-corrected chi connectivity index (χ1v) is 7.78. The molecule has 1 saturated heterocycles. The van der Waals surface area contributed by atoms with Gasteiger partial charge >= 0.3 is 0 Å². The van der Waals surface area contributed by atoms with E-state index in [1.807, 2.05) is 30.0 Å². The molecule has 1 fully saturated rings. The maximum atomic E-state index is 12.0. The highest BCUT2D eigenvalue weighted by atomic mass is 32.2. The van der Waals surface area contributed by atoms with Crippen LogP contribution in [0.5, 0.6) is 0 Å². The highest BCUT2D eigenvalue weighted by molar-refractivity contribution is 7.99. The summed E-state index contributed by atoms with van der Waals surface area (Å²) in [6, 6.07) is 5.85. The van der Waals surface area contributed by atoms with Crippen molar-refractivity contribution in [3.8, 4) is 0 Å². The summed E-state index contributed by atoms with van der Waals surface area (Å²) in [5, 5.41) is 6.29. The second-order valence-electron chi connectivity index (χ2n) is 4.74. The Bertz CT molecular complexity index is 613. The summed E-state index contributed by atoms with van der Waals surface area (Å²) < 4.78 is 0. The number of fused-ring (bicyclic) bond motifs is 1. The summed E-state index contributed by atoms with van der Waals surface area (Å²) in [4.78, 5) is 20.5. The topological polar surface area (TPSA) is 66.9 Å². The molecule has 1 aromatic heterocycles. The number of nitrogens with zero attached hydrogens (tertiary/aromatic N) is 2. The average molecular weight is 288 g/mol. The fourth-order valence-electron chi connectivity index (χ4n) is 2.23. The maximum Gasteiger partial charge on any atom is 0.225 e. The number of hydrogen-bond donors (Lipinski definition) is 2. The minimum atomic E-state index is 0.0354. The standard InChI is InChI=1S/C14H16N4OS/c19-14(8-11-9-20-6-5-15-11)18-10-1-2-12-13(7-10)17-4-3-16-12/h1-4,7,11,15H,5-6,8-9H2,(H,18,19). The molecule has 0 radical (unpaired) electrons. The van der Waals surface area contributed by atoms with Gasteiger partial charge in [0.05, 0.1) is 11.0 Å². The van der Waals surface area contributed by atoms with Crippen LogP contribution in [0.4, 0.5) is 5.69 Å². The lowest BCUT2D eigenvalue weighted by Gasteiger charge is -2.22. The molecule has 2 aromatic rings. The van der Waals surface area contributed by atoms with Crippen LogP contribution in [0.3, 0.4) is 0 Å². The van der Waals surface area contributed by atoms with Gasteiger partial charge in [0.1, 0.15) is 0 Å². The van der Waals surface area contributed by atoms with Gasteiger partial charge in [-0.1, -0.05) is 0 Å². The Morgan fingerprint density at radius 1 is 1.35 bits per heavy atom. The van der Waals surface area contributed by atoms with Crippen LogP contribution in [0.2, 0.25) is 0 Å². The molecule has 1 aliphatic rings. The second kappa shape index (κ2) is 6.19. The highest BCUT2D eigenvalue weighted by Crippen LogP contribution is 2.16. The van der Waals surface area contributed by atoms with Crippen LogP contribution in [-0.2, 0) is 4.79 Å². The Hall–Kier alpha value is -1.66. The molecule has 1 aliphatic heterocycles. The first-order valence-electron chi connectivity index (χ1n) is 6.63. The number of aromatic nitrogens is 2. The number of nitrogens with one attached hydrogen (secondary N) is 2. The van der Waals surface area contributed by atoms with Crippen LogP contribution < -0.4 is 10.6 Å². The van der Waals surface area contributed by atoms with Gasteiger partial charge in [-0.3, -0.25) is 14.8 Å². The zero-order valence-electron chi connectivity index (χ0n) is 11.0. The summed E-state index contributed by atoms with van der Waals surface area (Å²) in [6.07, 6.45) is 3.82. The normalized spacial score (nSPS) is 18.9. The lowest BCUT2D eigenvalue weighted by atomic mass is 10.2. The molecule has 5 nitrogen and oxygen atoms in total. The van der Waals surface area contributed by atoms with Crippen LogP contribution in [0, 0.1) is 0 Å². The molecule has 3 rings (SSSR count). The van der Waals surface area contributed by atoms with Gasteiger partial charge in [-0.15, -0.1) is 0 Å². The number of rotatable bonds is 3. The molecular formula is C14H16N4OS. The lowest BCUT2D eigenvalue weighted by molar-refractivity contribution is -0.116. The Labute approximate surface area is 121 Å². The molecule has 0 bridgehead atoms. The largest absolute Gasteiger partial charge is 0.326 e. The van der Waals surface area contributed by atoms with Crippen LogP contribution in [-0.4, -0.2) is 40.0 Å². The fourth-order valence-corrected chi connectivity index (χ4v) is 3.18. The molecule has 2 N–H and O–H groups in total. The van der Waals surface area contributed by atoms with Crippen molar-refractivity contribution in [2.24, 2.45) is 0 Å². The number of benzene rings is 1. The number of hydrogen-bond acceptors (Lipinski definition) is 5. The first-order chi connectivity index (χ1) is 9.81. The van der Waals surface area contributed by atoms with Crippen molar-refractivity contribution < 1.29 is 4.79 Å². The van der Waals surface area contributed by atoms with Crippen molar-refractivity contribution >= 4 is 34.4 Å². The molecule has 20 heavy (non-hydrogen) atoms. The van der Waals surface area contributed by atoms with Crippen molar-refractivity contribution in [2.75, 3.05) is 23.4 Å². The Kier molecular flexibility index (Phi) is 4.13. The lowest BCUT2D eigenvalue weighted by Crippen LogP contribution is -2.39. The molecule has 1 aromatic carbocycles. The first kappa shape index (κ1) is 13.3. The van der Waals surface area contributed by atoms with E-state index in [0.717, 1.165) is 34.8 Å². The van der Waals surface area contributed by atoms with Crippen LogP contribution in [0.25, 0.3) is 11.0 Å². The summed E-state index contributed by atoms with van der Waals surface area (Å²) >= 11 is 1.89. The SMILES string of the molecule is O=C(CC1CSCCN1)Nc1ccc2nccnc2c1. The number of carbonyl (C=O) groups excluding carboxylic acids is 1. The van der Waals surface area contributed by atoms with Crippen molar-refractivity contribution in [1.29, 1.82) is 0 Å². The number of carbonyl (C=O) groups is 1. The molecule has 1 unspecified atom stereocenters. The van der Waals surface area contributed by atoms with E-state index in [0.29, 0.717) is 6.42 Å². The maximum absolute atomic E-state index is 12.0. The predicted octanol–water partition coefficient (Wildman–Crippen LogP) is 1.66. The highest BCUT2D eigenvalue weighted by Gasteiger charge is 2.16. The molecule has 6 heteroatoms. The van der Waals surface area contributed by atoms with Crippen LogP contribution >= 0.6 is 11.8 Å². The smallest absolute Gasteiger partial charge is 0.225 e. The monoisotopic (exact) mass is 288 g/mol. The zero-order chi connectivity index (χ0) is 13.8. The van der Waals surface area contributed by atoms with E-state index in [2.05, 4.69) is 20.6 Å². The predicted molar refractivity (Wildman–Crippen MR) is 81.9 cm³/mol. The molecule has 0 spiro atoms. The third kappa shape index (κ3) is 3.26. The summed E-state index contributed by atoms with van der Waals surface area (Å²) in [5.41, 5.74) is 2.39. The average Bonchev–Trinajstić information content (AvgIpc) is 2.48. The number of thioether (sulfide) groups is 1. The molecule has 104 valence electrons. The minimum absolute atomic E-state index is 0.0354.